The molecule has 1 heterocycles. The third-order valence-corrected chi connectivity index (χ3v) is 3.67. The van der Waals surface area contributed by atoms with Crippen LogP contribution in [0, 0.1) is 0 Å². The van der Waals surface area contributed by atoms with Crippen LogP contribution in [0.2, 0.25) is 0 Å². The summed E-state index contributed by atoms with van der Waals surface area (Å²) in [6.45, 7) is 7.77. The van der Waals surface area contributed by atoms with Crippen LogP contribution in [-0.4, -0.2) is 18.5 Å². The van der Waals surface area contributed by atoms with Crippen LogP contribution in [0.25, 0.3) is 0 Å². The second-order valence-electron chi connectivity index (χ2n) is 6.71. The van der Waals surface area contributed by atoms with Crippen molar-refractivity contribution in [1.82, 2.24) is 5.32 Å². The molecule has 0 aliphatic carbocycles. The molecule has 0 saturated heterocycles. The minimum absolute atomic E-state index is 0.0182. The van der Waals surface area contributed by atoms with E-state index in [0.29, 0.717) is 11.3 Å². The van der Waals surface area contributed by atoms with Crippen molar-refractivity contribution in [1.29, 1.82) is 0 Å². The zero-order valence-electron chi connectivity index (χ0n) is 14.5. The van der Waals surface area contributed by atoms with E-state index in [9.17, 15) is 9.59 Å². The molecule has 1 N–H and O–H groups in total. The largest absolute Gasteiger partial charge is 0.467 e. The number of carbonyl (C=O) groups excluding carboxylic acids is 2. The molecule has 1 atom stereocenters. The third kappa shape index (κ3) is 4.72. The van der Waals surface area contributed by atoms with Gasteiger partial charge in [0, 0.05) is 0 Å². The molecule has 2 rings (SSSR count). The van der Waals surface area contributed by atoms with Gasteiger partial charge in [0.25, 0.3) is 5.91 Å². The Morgan fingerprint density at radius 3 is 2.38 bits per heavy atom. The number of esters is 1. The summed E-state index contributed by atoms with van der Waals surface area (Å²) in [5, 5.41) is 2.71. The van der Waals surface area contributed by atoms with E-state index in [-0.39, 0.29) is 24.0 Å². The molecular formula is C19H23NO4. The zero-order valence-corrected chi connectivity index (χ0v) is 14.5. The molecule has 0 unspecified atom stereocenters. The molecule has 0 aliphatic heterocycles. The third-order valence-electron chi connectivity index (χ3n) is 3.67. The minimum Gasteiger partial charge on any atom is -0.467 e. The molecule has 0 spiro atoms. The molecule has 24 heavy (non-hydrogen) atoms. The Morgan fingerprint density at radius 1 is 1.17 bits per heavy atom. The molecule has 1 aromatic carbocycles. The molecule has 5 nitrogen and oxygen atoms in total. The molecule has 5 heteroatoms. The zero-order chi connectivity index (χ0) is 17.7. The number of hydrogen-bond acceptors (Lipinski definition) is 4. The predicted molar refractivity (Wildman–Crippen MR) is 90.7 cm³/mol. The monoisotopic (exact) mass is 329 g/mol. The highest BCUT2D eigenvalue weighted by atomic mass is 16.5. The Balaban J connectivity index is 1.85. The first-order chi connectivity index (χ1) is 11.3. The number of nitrogens with one attached hydrogen (secondary N) is 1. The highest BCUT2D eigenvalue weighted by Gasteiger charge is 2.16. The fourth-order valence-corrected chi connectivity index (χ4v) is 2.21. The van der Waals surface area contributed by atoms with Crippen LogP contribution in [-0.2, 0) is 14.9 Å². The van der Waals surface area contributed by atoms with Crippen LogP contribution < -0.4 is 5.32 Å². The van der Waals surface area contributed by atoms with Crippen molar-refractivity contribution < 1.29 is 18.7 Å². The van der Waals surface area contributed by atoms with Gasteiger partial charge in [0.2, 0.25) is 0 Å². The number of furan rings is 1. The van der Waals surface area contributed by atoms with Crippen molar-refractivity contribution >= 4 is 11.9 Å². The molecule has 0 fully saturated rings. The van der Waals surface area contributed by atoms with Crippen molar-refractivity contribution in [2.24, 2.45) is 0 Å². The molecule has 128 valence electrons. The first-order valence-electron chi connectivity index (χ1n) is 7.88. The number of benzene rings is 1. The lowest BCUT2D eigenvalue weighted by Crippen LogP contribution is -2.31. The summed E-state index contributed by atoms with van der Waals surface area (Å²) >= 11 is 0. The molecular weight excluding hydrogens is 306 g/mol. The maximum Gasteiger partial charge on any atom is 0.338 e. The SMILES string of the molecule is C[C@@H](NC(=O)COC(=O)c1ccc(C(C)(C)C)cc1)c1ccco1. The maximum absolute atomic E-state index is 12.0. The molecule has 1 amide bonds. The summed E-state index contributed by atoms with van der Waals surface area (Å²) in [7, 11) is 0. The van der Waals surface area contributed by atoms with Gasteiger partial charge in [-0.05, 0) is 42.2 Å². The van der Waals surface area contributed by atoms with Crippen molar-refractivity contribution in [2.45, 2.75) is 39.2 Å². The fraction of sp³-hybridized carbons (Fsp3) is 0.368. The van der Waals surface area contributed by atoms with Crippen LogP contribution in [0.3, 0.4) is 0 Å². The number of carbonyl (C=O) groups is 2. The lowest BCUT2D eigenvalue weighted by molar-refractivity contribution is -0.125. The molecule has 0 saturated carbocycles. The fourth-order valence-electron chi connectivity index (χ4n) is 2.21. The normalized spacial score (nSPS) is 12.5. The molecule has 1 aromatic heterocycles. The van der Waals surface area contributed by atoms with E-state index in [4.69, 9.17) is 9.15 Å². The minimum atomic E-state index is -0.517. The van der Waals surface area contributed by atoms with Gasteiger partial charge >= 0.3 is 5.97 Å². The number of rotatable bonds is 5. The summed E-state index contributed by atoms with van der Waals surface area (Å²) in [6.07, 6.45) is 1.54. The van der Waals surface area contributed by atoms with Crippen LogP contribution >= 0.6 is 0 Å². The Labute approximate surface area is 142 Å². The van der Waals surface area contributed by atoms with Gasteiger partial charge in [-0.25, -0.2) is 4.79 Å². The van der Waals surface area contributed by atoms with Gasteiger partial charge in [0.1, 0.15) is 5.76 Å². The molecule has 0 aliphatic rings. The van der Waals surface area contributed by atoms with E-state index in [1.54, 1.807) is 37.5 Å². The van der Waals surface area contributed by atoms with Crippen molar-refractivity contribution in [3.05, 3.63) is 59.5 Å². The van der Waals surface area contributed by atoms with Crippen molar-refractivity contribution in [3.63, 3.8) is 0 Å². The number of amides is 1. The van der Waals surface area contributed by atoms with Gasteiger partial charge in [-0.3, -0.25) is 4.79 Å². The highest BCUT2D eigenvalue weighted by molar-refractivity contribution is 5.91. The quantitative estimate of drug-likeness (QED) is 0.851. The summed E-state index contributed by atoms with van der Waals surface area (Å²) in [4.78, 5) is 23.8. The van der Waals surface area contributed by atoms with Crippen molar-refractivity contribution in [2.75, 3.05) is 6.61 Å². The van der Waals surface area contributed by atoms with Gasteiger partial charge in [0.15, 0.2) is 6.61 Å². The smallest absolute Gasteiger partial charge is 0.338 e. The first kappa shape index (κ1) is 17.8. The Morgan fingerprint density at radius 2 is 1.83 bits per heavy atom. The lowest BCUT2D eigenvalue weighted by atomic mass is 9.87. The van der Waals surface area contributed by atoms with Gasteiger partial charge in [0.05, 0.1) is 17.9 Å². The average molecular weight is 329 g/mol. The molecule has 0 bridgehead atoms. The predicted octanol–water partition coefficient (Wildman–Crippen LogP) is 3.61. The van der Waals surface area contributed by atoms with Crippen LogP contribution in [0.1, 0.15) is 55.4 Å². The van der Waals surface area contributed by atoms with Crippen molar-refractivity contribution in [3.8, 4) is 0 Å². The topological polar surface area (TPSA) is 68.5 Å². The second-order valence-corrected chi connectivity index (χ2v) is 6.71. The Kier molecular flexibility index (Phi) is 5.44. The lowest BCUT2D eigenvalue weighted by Gasteiger charge is -2.18. The van der Waals surface area contributed by atoms with Gasteiger partial charge in [-0.15, -0.1) is 0 Å². The summed E-state index contributed by atoms with van der Waals surface area (Å²) in [6, 6.07) is 10.5. The maximum atomic E-state index is 12.0. The van der Waals surface area contributed by atoms with E-state index in [0.717, 1.165) is 5.56 Å². The first-order valence-corrected chi connectivity index (χ1v) is 7.88. The van der Waals surface area contributed by atoms with E-state index in [1.165, 1.54) is 0 Å². The van der Waals surface area contributed by atoms with Gasteiger partial charge in [-0.1, -0.05) is 32.9 Å². The van der Waals surface area contributed by atoms with E-state index >= 15 is 0 Å². The highest BCUT2D eigenvalue weighted by Crippen LogP contribution is 2.22. The van der Waals surface area contributed by atoms with Crippen LogP contribution in [0.5, 0.6) is 0 Å². The van der Waals surface area contributed by atoms with Gasteiger partial charge in [-0.2, -0.15) is 0 Å². The average Bonchev–Trinajstić information content (AvgIpc) is 3.06. The number of ether oxygens (including phenoxy) is 1. The summed E-state index contributed by atoms with van der Waals surface area (Å²) < 4.78 is 10.3. The summed E-state index contributed by atoms with van der Waals surface area (Å²) in [5.74, 6) is -0.248. The van der Waals surface area contributed by atoms with Crippen LogP contribution in [0.15, 0.2) is 47.1 Å². The standard InChI is InChI=1S/C19H23NO4/c1-13(16-6-5-11-23-16)20-17(21)12-24-18(22)14-7-9-15(10-8-14)19(2,3)4/h5-11,13H,12H2,1-4H3,(H,20,21)/t13-/m1/s1. The molecule has 2 aromatic rings. The molecule has 0 radical (unpaired) electrons. The van der Waals surface area contributed by atoms with Gasteiger partial charge < -0.3 is 14.5 Å². The Hall–Kier alpha value is -2.56. The van der Waals surface area contributed by atoms with Crippen LogP contribution in [0.4, 0.5) is 0 Å². The van der Waals surface area contributed by atoms with E-state index < -0.39 is 5.97 Å². The number of hydrogen-bond donors (Lipinski definition) is 1. The summed E-state index contributed by atoms with van der Waals surface area (Å²) in [5.41, 5.74) is 1.57. The van der Waals surface area contributed by atoms with E-state index in [1.807, 2.05) is 12.1 Å². The second kappa shape index (κ2) is 7.34. The Bertz CT molecular complexity index is 681. The van der Waals surface area contributed by atoms with E-state index in [2.05, 4.69) is 26.1 Å².